The van der Waals surface area contributed by atoms with Crippen molar-refractivity contribution in [3.05, 3.63) is 54.1 Å². The lowest BCUT2D eigenvalue weighted by Crippen LogP contribution is -2.37. The Balaban J connectivity index is 1.77. The molecule has 1 heterocycles. The van der Waals surface area contributed by atoms with E-state index < -0.39 is 0 Å². The SMILES string of the molecule is C=C/C(=C(/C)NCC)N(CCC)CC1CCCC(C)(Cn2cnc3ccc(C#N)cc32)C1. The number of rotatable bonds is 10. The maximum atomic E-state index is 9.30. The number of aromatic nitrogens is 2. The van der Waals surface area contributed by atoms with Crippen molar-refractivity contribution in [2.75, 3.05) is 19.6 Å². The molecular formula is C27H39N5. The van der Waals surface area contributed by atoms with Crippen LogP contribution in [-0.2, 0) is 6.54 Å². The van der Waals surface area contributed by atoms with Crippen molar-refractivity contribution in [1.29, 1.82) is 5.26 Å². The van der Waals surface area contributed by atoms with Gasteiger partial charge in [0.05, 0.1) is 34.7 Å². The Labute approximate surface area is 193 Å². The standard InChI is InChI=1S/C27H39N5/c1-6-14-31(25(7-2)21(4)29-8-3)18-23-10-9-13-27(5,16-23)19-32-20-30-24-12-11-22(17-28)15-26(24)32/h7,11-12,15,20,23,29H,2,6,8-10,13-14,16,18-19H2,1,3-5H3/b25-21+. The molecular weight excluding hydrogens is 394 g/mol. The lowest BCUT2D eigenvalue weighted by Gasteiger charge is -2.41. The van der Waals surface area contributed by atoms with Crippen molar-refractivity contribution in [2.45, 2.75) is 66.3 Å². The van der Waals surface area contributed by atoms with Crippen molar-refractivity contribution in [3.63, 3.8) is 0 Å². The smallest absolute Gasteiger partial charge is 0.0992 e. The Kier molecular flexibility index (Phi) is 8.01. The van der Waals surface area contributed by atoms with E-state index in [-0.39, 0.29) is 5.41 Å². The molecule has 1 aromatic carbocycles. The van der Waals surface area contributed by atoms with E-state index >= 15 is 0 Å². The molecule has 3 rings (SSSR count). The third-order valence-corrected chi connectivity index (χ3v) is 6.81. The van der Waals surface area contributed by atoms with Crippen molar-refractivity contribution < 1.29 is 0 Å². The van der Waals surface area contributed by atoms with Gasteiger partial charge in [0, 0.05) is 31.9 Å². The van der Waals surface area contributed by atoms with E-state index in [0.717, 1.165) is 43.6 Å². The van der Waals surface area contributed by atoms with Gasteiger partial charge in [-0.1, -0.05) is 26.8 Å². The Hall–Kier alpha value is -2.74. The van der Waals surface area contributed by atoms with Gasteiger partial charge in [-0.3, -0.25) is 0 Å². The van der Waals surface area contributed by atoms with Crippen molar-refractivity contribution in [1.82, 2.24) is 19.8 Å². The van der Waals surface area contributed by atoms with Crippen LogP contribution in [0.25, 0.3) is 11.0 Å². The summed E-state index contributed by atoms with van der Waals surface area (Å²) in [5.74, 6) is 0.661. The zero-order valence-corrected chi connectivity index (χ0v) is 20.3. The molecule has 32 heavy (non-hydrogen) atoms. The Morgan fingerprint density at radius 1 is 1.44 bits per heavy atom. The van der Waals surface area contributed by atoms with Crippen LogP contribution in [-0.4, -0.2) is 34.1 Å². The molecule has 1 aromatic heterocycles. The number of allylic oxidation sites excluding steroid dienone is 2. The van der Waals surface area contributed by atoms with Gasteiger partial charge < -0.3 is 14.8 Å². The second kappa shape index (κ2) is 10.7. The van der Waals surface area contributed by atoms with Gasteiger partial charge in [0.2, 0.25) is 0 Å². The molecule has 2 atom stereocenters. The maximum absolute atomic E-state index is 9.30. The van der Waals surface area contributed by atoms with E-state index in [4.69, 9.17) is 0 Å². The highest BCUT2D eigenvalue weighted by Crippen LogP contribution is 2.41. The molecule has 0 amide bonds. The van der Waals surface area contributed by atoms with Crippen LogP contribution in [0.2, 0.25) is 0 Å². The second-order valence-corrected chi connectivity index (χ2v) is 9.65. The summed E-state index contributed by atoms with van der Waals surface area (Å²) >= 11 is 0. The van der Waals surface area contributed by atoms with E-state index in [1.54, 1.807) is 0 Å². The fourth-order valence-corrected chi connectivity index (χ4v) is 5.45. The first kappa shape index (κ1) is 23.9. The van der Waals surface area contributed by atoms with E-state index in [1.807, 2.05) is 30.6 Å². The number of fused-ring (bicyclic) bond motifs is 1. The van der Waals surface area contributed by atoms with E-state index in [9.17, 15) is 5.26 Å². The van der Waals surface area contributed by atoms with Gasteiger partial charge in [0.25, 0.3) is 0 Å². The number of hydrogen-bond acceptors (Lipinski definition) is 4. The Morgan fingerprint density at radius 2 is 2.25 bits per heavy atom. The average Bonchev–Trinajstić information content (AvgIpc) is 3.16. The van der Waals surface area contributed by atoms with Crippen LogP contribution >= 0.6 is 0 Å². The van der Waals surface area contributed by atoms with Crippen molar-refractivity contribution in [3.8, 4) is 6.07 Å². The van der Waals surface area contributed by atoms with Gasteiger partial charge >= 0.3 is 0 Å². The predicted molar refractivity (Wildman–Crippen MR) is 133 cm³/mol. The largest absolute Gasteiger partial charge is 0.387 e. The summed E-state index contributed by atoms with van der Waals surface area (Å²) in [7, 11) is 0. The van der Waals surface area contributed by atoms with Gasteiger partial charge in [-0.25, -0.2) is 4.98 Å². The topological polar surface area (TPSA) is 56.9 Å². The minimum Gasteiger partial charge on any atom is -0.387 e. The van der Waals surface area contributed by atoms with Gasteiger partial charge in [-0.05, 0) is 75.1 Å². The Morgan fingerprint density at radius 3 is 2.94 bits per heavy atom. The second-order valence-electron chi connectivity index (χ2n) is 9.65. The number of benzene rings is 1. The molecule has 172 valence electrons. The highest BCUT2D eigenvalue weighted by molar-refractivity contribution is 5.77. The van der Waals surface area contributed by atoms with E-state index in [2.05, 4.69) is 60.1 Å². The number of hydrogen-bond donors (Lipinski definition) is 1. The summed E-state index contributed by atoms with van der Waals surface area (Å²) in [6, 6.07) is 8.03. The molecule has 5 heteroatoms. The van der Waals surface area contributed by atoms with Crippen molar-refractivity contribution >= 4 is 11.0 Å². The van der Waals surface area contributed by atoms with Crippen LogP contribution < -0.4 is 5.32 Å². The first-order chi connectivity index (χ1) is 15.4. The molecule has 5 nitrogen and oxygen atoms in total. The molecule has 0 radical (unpaired) electrons. The van der Waals surface area contributed by atoms with Gasteiger partial charge in [-0.2, -0.15) is 5.26 Å². The molecule has 1 N–H and O–H groups in total. The van der Waals surface area contributed by atoms with Crippen LogP contribution in [0.5, 0.6) is 0 Å². The quantitative estimate of drug-likeness (QED) is 0.478. The van der Waals surface area contributed by atoms with E-state index in [1.165, 1.54) is 37.1 Å². The summed E-state index contributed by atoms with van der Waals surface area (Å²) < 4.78 is 2.26. The monoisotopic (exact) mass is 433 g/mol. The molecule has 0 bridgehead atoms. The lowest BCUT2D eigenvalue weighted by atomic mass is 9.70. The minimum absolute atomic E-state index is 0.228. The minimum atomic E-state index is 0.228. The first-order valence-electron chi connectivity index (χ1n) is 12.1. The van der Waals surface area contributed by atoms with Gasteiger partial charge in [0.15, 0.2) is 0 Å². The zero-order chi connectivity index (χ0) is 23.1. The molecule has 0 spiro atoms. The molecule has 1 fully saturated rings. The van der Waals surface area contributed by atoms with Crippen molar-refractivity contribution in [2.24, 2.45) is 11.3 Å². The van der Waals surface area contributed by atoms with Crippen LogP contribution in [0.1, 0.15) is 65.4 Å². The summed E-state index contributed by atoms with van der Waals surface area (Å²) in [5.41, 5.74) is 5.41. The van der Waals surface area contributed by atoms with Gasteiger partial charge in [-0.15, -0.1) is 0 Å². The fraction of sp³-hybridized carbons (Fsp3) is 0.556. The lowest BCUT2D eigenvalue weighted by molar-refractivity contribution is 0.115. The Bertz CT molecular complexity index is 995. The zero-order valence-electron chi connectivity index (χ0n) is 20.3. The third-order valence-electron chi connectivity index (χ3n) is 6.81. The van der Waals surface area contributed by atoms with Crippen LogP contribution in [0, 0.1) is 22.7 Å². The molecule has 2 aromatic rings. The summed E-state index contributed by atoms with van der Waals surface area (Å²) in [5, 5.41) is 12.8. The molecule has 1 saturated carbocycles. The van der Waals surface area contributed by atoms with Gasteiger partial charge in [0.1, 0.15) is 0 Å². The average molecular weight is 434 g/mol. The van der Waals surface area contributed by atoms with Crippen LogP contribution in [0.3, 0.4) is 0 Å². The molecule has 0 aliphatic heterocycles. The summed E-state index contributed by atoms with van der Waals surface area (Å²) in [4.78, 5) is 7.11. The van der Waals surface area contributed by atoms with Crippen LogP contribution in [0.4, 0.5) is 0 Å². The summed E-state index contributed by atoms with van der Waals surface area (Å²) in [6.45, 7) is 17.1. The maximum Gasteiger partial charge on any atom is 0.0992 e. The van der Waals surface area contributed by atoms with Crippen LogP contribution in [0.15, 0.2) is 48.6 Å². The predicted octanol–water partition coefficient (Wildman–Crippen LogP) is 5.84. The number of nitrogens with zero attached hydrogens (tertiary/aromatic N) is 4. The number of nitrogens with one attached hydrogen (secondary N) is 1. The first-order valence-corrected chi connectivity index (χ1v) is 12.1. The van der Waals surface area contributed by atoms with E-state index in [0.29, 0.717) is 11.5 Å². The molecule has 1 aliphatic rings. The normalized spacial score (nSPS) is 21.7. The highest BCUT2D eigenvalue weighted by atomic mass is 15.1. The fourth-order valence-electron chi connectivity index (χ4n) is 5.45. The molecule has 1 aliphatic carbocycles. The third kappa shape index (κ3) is 5.54. The summed E-state index contributed by atoms with van der Waals surface area (Å²) in [6.07, 6.45) is 10.1. The highest BCUT2D eigenvalue weighted by Gasteiger charge is 2.34. The molecule has 0 saturated heterocycles. The number of imidazole rings is 1. The number of nitriles is 1. The molecule has 2 unspecified atom stereocenters.